The van der Waals surface area contributed by atoms with Gasteiger partial charge in [-0.05, 0) is 28.6 Å². The van der Waals surface area contributed by atoms with Crippen LogP contribution in [0, 0.1) is 0 Å². The lowest BCUT2D eigenvalue weighted by molar-refractivity contribution is 0.373. The van der Waals surface area contributed by atoms with Gasteiger partial charge in [0.25, 0.3) is 0 Å². The number of rotatable bonds is 5. The molecule has 0 spiro atoms. The molecule has 1 aromatic carbocycles. The quantitative estimate of drug-likeness (QED) is 0.317. The van der Waals surface area contributed by atoms with E-state index in [1.54, 1.807) is 0 Å². The number of hydrogen-bond donors (Lipinski definition) is 1. The molecule has 1 saturated heterocycles. The van der Waals surface area contributed by atoms with Crippen LogP contribution >= 0.6 is 35.3 Å². The van der Waals surface area contributed by atoms with Crippen molar-refractivity contribution in [2.75, 3.05) is 38.1 Å². The number of imidazole rings is 1. The summed E-state index contributed by atoms with van der Waals surface area (Å²) in [6.07, 6.45) is 5.65. The number of hydrogen-bond acceptors (Lipinski definition) is 4. The van der Waals surface area contributed by atoms with Crippen LogP contribution in [0.1, 0.15) is 11.1 Å². The van der Waals surface area contributed by atoms with Crippen LogP contribution in [-0.4, -0.2) is 53.6 Å². The topological polar surface area (TPSA) is 48.7 Å². The van der Waals surface area contributed by atoms with Gasteiger partial charge < -0.3 is 19.7 Å². The Morgan fingerprint density at radius 1 is 1.14 bits per heavy atom. The van der Waals surface area contributed by atoms with Gasteiger partial charge in [-0.15, -0.1) is 35.3 Å². The van der Waals surface area contributed by atoms with Gasteiger partial charge in [-0.1, -0.05) is 24.3 Å². The molecule has 0 amide bonds. The Morgan fingerprint density at radius 2 is 1.97 bits per heavy atom. The summed E-state index contributed by atoms with van der Waals surface area (Å²) in [5.74, 6) is 0.978. The number of nitrogens with one attached hydrogen (secondary N) is 1. The van der Waals surface area contributed by atoms with Gasteiger partial charge in [-0.25, -0.2) is 4.98 Å². The van der Waals surface area contributed by atoms with Crippen molar-refractivity contribution < 1.29 is 0 Å². The lowest BCUT2D eigenvalue weighted by Crippen LogP contribution is -2.52. The lowest BCUT2D eigenvalue weighted by Gasteiger charge is -2.37. The second kappa shape index (κ2) is 10.6. The fourth-order valence-corrected chi connectivity index (χ4v) is 4.32. The summed E-state index contributed by atoms with van der Waals surface area (Å²) >= 11 is 1.81. The summed E-state index contributed by atoms with van der Waals surface area (Å²) in [6.45, 7) is 5.64. The summed E-state index contributed by atoms with van der Waals surface area (Å²) in [7, 11) is 1.86. The molecule has 6 nitrogen and oxygen atoms in total. The van der Waals surface area contributed by atoms with E-state index in [9.17, 15) is 0 Å². The molecule has 3 heterocycles. The van der Waals surface area contributed by atoms with E-state index in [-0.39, 0.29) is 24.0 Å². The number of thiophene rings is 1. The fourth-order valence-electron chi connectivity index (χ4n) is 3.53. The van der Waals surface area contributed by atoms with E-state index in [1.807, 2.05) is 37.1 Å². The Labute approximate surface area is 193 Å². The molecular formula is C21H27IN6S. The SMILES string of the molecule is CN=C(NCc1cccc(Cn2ccnc2)c1)N1CCN(c2cccs2)CC1.I. The molecule has 1 fully saturated rings. The molecule has 0 bridgehead atoms. The van der Waals surface area contributed by atoms with Gasteiger partial charge in [-0.2, -0.15) is 0 Å². The average Bonchev–Trinajstić information content (AvgIpc) is 3.44. The van der Waals surface area contributed by atoms with Crippen molar-refractivity contribution in [3.8, 4) is 0 Å². The zero-order valence-corrected chi connectivity index (χ0v) is 19.7. The number of anilines is 1. The number of aromatic nitrogens is 2. The first-order chi connectivity index (χ1) is 13.8. The van der Waals surface area contributed by atoms with Crippen molar-refractivity contribution in [1.82, 2.24) is 19.8 Å². The number of nitrogens with zero attached hydrogens (tertiary/aromatic N) is 5. The van der Waals surface area contributed by atoms with Gasteiger partial charge in [0.05, 0.1) is 11.3 Å². The lowest BCUT2D eigenvalue weighted by atomic mass is 10.1. The zero-order valence-electron chi connectivity index (χ0n) is 16.6. The zero-order chi connectivity index (χ0) is 19.2. The second-order valence-electron chi connectivity index (χ2n) is 6.88. The first-order valence-electron chi connectivity index (χ1n) is 9.59. The van der Waals surface area contributed by atoms with Gasteiger partial charge in [0.2, 0.25) is 0 Å². The molecular weight excluding hydrogens is 495 g/mol. The Balaban J connectivity index is 0.00000240. The highest BCUT2D eigenvalue weighted by Crippen LogP contribution is 2.22. The standard InChI is InChI=1S/C21H26N6S.HI/c1-22-21(27-11-9-26(10-12-27)20-6-3-13-28-20)24-15-18-4-2-5-19(14-18)16-25-8-7-23-17-25;/h2-8,13-14,17H,9-12,15-16H2,1H3,(H,22,24);1H. The number of halogens is 1. The third-order valence-electron chi connectivity index (χ3n) is 4.98. The van der Waals surface area contributed by atoms with Crippen LogP contribution < -0.4 is 10.2 Å². The third kappa shape index (κ3) is 5.72. The third-order valence-corrected chi connectivity index (χ3v) is 5.90. The van der Waals surface area contributed by atoms with Crippen molar-refractivity contribution in [1.29, 1.82) is 0 Å². The van der Waals surface area contributed by atoms with Crippen LogP contribution in [0.15, 0.2) is 65.5 Å². The highest BCUT2D eigenvalue weighted by atomic mass is 127. The maximum absolute atomic E-state index is 4.50. The molecule has 154 valence electrons. The molecule has 29 heavy (non-hydrogen) atoms. The van der Waals surface area contributed by atoms with Crippen LogP contribution in [0.25, 0.3) is 0 Å². The van der Waals surface area contributed by atoms with Crippen LogP contribution in [0.4, 0.5) is 5.00 Å². The van der Waals surface area contributed by atoms with Gasteiger partial charge >= 0.3 is 0 Å². The van der Waals surface area contributed by atoms with Crippen molar-refractivity contribution in [2.24, 2.45) is 4.99 Å². The normalized spacial score (nSPS) is 14.6. The van der Waals surface area contributed by atoms with E-state index >= 15 is 0 Å². The molecule has 0 atom stereocenters. The minimum Gasteiger partial charge on any atom is -0.360 e. The van der Waals surface area contributed by atoms with E-state index in [0.717, 1.165) is 45.2 Å². The Morgan fingerprint density at radius 3 is 2.66 bits per heavy atom. The van der Waals surface area contributed by atoms with Gasteiger partial charge in [-0.3, -0.25) is 4.99 Å². The molecule has 2 aromatic heterocycles. The van der Waals surface area contributed by atoms with E-state index < -0.39 is 0 Å². The molecule has 0 radical (unpaired) electrons. The highest BCUT2D eigenvalue weighted by Gasteiger charge is 2.20. The van der Waals surface area contributed by atoms with E-state index in [4.69, 9.17) is 0 Å². The van der Waals surface area contributed by atoms with Gasteiger partial charge in [0.15, 0.2) is 5.96 Å². The first-order valence-corrected chi connectivity index (χ1v) is 10.5. The predicted octanol–water partition coefficient (Wildman–Crippen LogP) is 3.51. The summed E-state index contributed by atoms with van der Waals surface area (Å²) in [5, 5.41) is 7.03. The van der Waals surface area contributed by atoms with Gasteiger partial charge in [0.1, 0.15) is 0 Å². The smallest absolute Gasteiger partial charge is 0.194 e. The van der Waals surface area contributed by atoms with Crippen LogP contribution in [0.5, 0.6) is 0 Å². The molecule has 4 rings (SSSR count). The molecule has 1 aliphatic rings. The molecule has 1 aliphatic heterocycles. The second-order valence-corrected chi connectivity index (χ2v) is 7.81. The number of guanidine groups is 1. The van der Waals surface area contributed by atoms with Crippen molar-refractivity contribution >= 4 is 46.3 Å². The fraction of sp³-hybridized carbons (Fsp3) is 0.333. The van der Waals surface area contributed by atoms with Crippen molar-refractivity contribution in [2.45, 2.75) is 13.1 Å². The monoisotopic (exact) mass is 522 g/mol. The number of piperazine rings is 1. The van der Waals surface area contributed by atoms with Crippen molar-refractivity contribution in [3.63, 3.8) is 0 Å². The van der Waals surface area contributed by atoms with Gasteiger partial charge in [0, 0.05) is 58.7 Å². The van der Waals surface area contributed by atoms with Crippen molar-refractivity contribution in [3.05, 3.63) is 71.6 Å². The summed E-state index contributed by atoms with van der Waals surface area (Å²) in [5.41, 5.74) is 2.54. The van der Waals surface area contributed by atoms with E-state index in [2.05, 4.69) is 71.4 Å². The summed E-state index contributed by atoms with van der Waals surface area (Å²) in [4.78, 5) is 13.4. The minimum absolute atomic E-state index is 0. The Bertz CT molecular complexity index is 886. The number of aliphatic imine (C=N–C) groups is 1. The maximum atomic E-state index is 4.50. The molecule has 0 aliphatic carbocycles. The largest absolute Gasteiger partial charge is 0.360 e. The molecule has 1 N–H and O–H groups in total. The van der Waals surface area contributed by atoms with Crippen LogP contribution in [0.2, 0.25) is 0 Å². The number of benzene rings is 1. The average molecular weight is 522 g/mol. The highest BCUT2D eigenvalue weighted by molar-refractivity contribution is 14.0. The molecule has 8 heteroatoms. The first kappa shape index (κ1) is 21.6. The maximum Gasteiger partial charge on any atom is 0.194 e. The summed E-state index contributed by atoms with van der Waals surface area (Å²) < 4.78 is 2.08. The Kier molecular flexibility index (Phi) is 7.93. The molecule has 0 unspecified atom stereocenters. The van der Waals surface area contributed by atoms with Crippen LogP contribution in [0.3, 0.4) is 0 Å². The Hall–Kier alpha value is -2.07. The minimum atomic E-state index is 0. The van der Waals surface area contributed by atoms with E-state index in [0.29, 0.717) is 0 Å². The molecule has 3 aromatic rings. The van der Waals surface area contributed by atoms with Crippen LogP contribution in [-0.2, 0) is 13.1 Å². The summed E-state index contributed by atoms with van der Waals surface area (Å²) in [6, 6.07) is 13.0. The molecule has 0 saturated carbocycles. The predicted molar refractivity (Wildman–Crippen MR) is 131 cm³/mol. The van der Waals surface area contributed by atoms with E-state index in [1.165, 1.54) is 16.1 Å².